The van der Waals surface area contributed by atoms with Crippen molar-refractivity contribution in [2.24, 2.45) is 0 Å². The second kappa shape index (κ2) is 6.91. The first-order valence-corrected chi connectivity index (χ1v) is 10.5. The van der Waals surface area contributed by atoms with E-state index in [1.807, 2.05) is 20.0 Å². The van der Waals surface area contributed by atoms with Crippen molar-refractivity contribution >= 4 is 17.4 Å². The van der Waals surface area contributed by atoms with Crippen LogP contribution in [0.4, 0.5) is 5.69 Å². The summed E-state index contributed by atoms with van der Waals surface area (Å²) in [6, 6.07) is 3.18. The first-order chi connectivity index (χ1) is 14.8. The zero-order valence-corrected chi connectivity index (χ0v) is 17.8. The molecule has 162 valence electrons. The molecular formula is C22H25N5O4. The predicted octanol–water partition coefficient (Wildman–Crippen LogP) is 2.67. The fourth-order valence-electron chi connectivity index (χ4n) is 4.59. The Balaban J connectivity index is 1.54. The van der Waals surface area contributed by atoms with E-state index in [1.165, 1.54) is 12.3 Å². The zero-order valence-electron chi connectivity index (χ0n) is 17.8. The molecule has 31 heavy (non-hydrogen) atoms. The van der Waals surface area contributed by atoms with Gasteiger partial charge in [-0.2, -0.15) is 4.98 Å². The summed E-state index contributed by atoms with van der Waals surface area (Å²) >= 11 is 0. The van der Waals surface area contributed by atoms with Crippen molar-refractivity contribution in [3.8, 4) is 5.88 Å². The topological polar surface area (TPSA) is 111 Å². The number of aromatic nitrogens is 4. The molecule has 2 fully saturated rings. The minimum atomic E-state index is -0.479. The van der Waals surface area contributed by atoms with E-state index in [4.69, 9.17) is 14.5 Å². The molecule has 2 aliphatic rings. The third-order valence-electron chi connectivity index (χ3n) is 6.16. The quantitative estimate of drug-likeness (QED) is 0.653. The molecule has 1 aliphatic carbocycles. The first-order valence-electron chi connectivity index (χ1n) is 10.5. The van der Waals surface area contributed by atoms with E-state index in [9.17, 15) is 9.59 Å². The Bertz CT molecular complexity index is 1220. The number of hydrogen-bond acceptors (Lipinski definition) is 6. The van der Waals surface area contributed by atoms with Crippen molar-refractivity contribution < 1.29 is 14.3 Å². The van der Waals surface area contributed by atoms with E-state index in [1.54, 1.807) is 16.7 Å². The lowest BCUT2D eigenvalue weighted by atomic mass is 9.84. The number of fused-ring (bicyclic) bond motifs is 3. The predicted molar refractivity (Wildman–Crippen MR) is 114 cm³/mol. The molecule has 2 unspecified atom stereocenters. The van der Waals surface area contributed by atoms with Gasteiger partial charge in [0.05, 0.1) is 24.0 Å². The summed E-state index contributed by atoms with van der Waals surface area (Å²) in [6.07, 6.45) is 7.86. The third kappa shape index (κ3) is 3.38. The lowest BCUT2D eigenvalue weighted by Gasteiger charge is -2.24. The highest BCUT2D eigenvalue weighted by Gasteiger charge is 2.55. The van der Waals surface area contributed by atoms with Gasteiger partial charge in [-0.25, -0.2) is 4.98 Å². The number of carbonyl (C=O) groups excluding carboxylic acids is 1. The van der Waals surface area contributed by atoms with Crippen LogP contribution in [0.1, 0.15) is 56.1 Å². The second-order valence-corrected chi connectivity index (χ2v) is 9.02. The van der Waals surface area contributed by atoms with Crippen LogP contribution >= 0.6 is 0 Å². The molecule has 9 heteroatoms. The molecule has 1 saturated carbocycles. The Morgan fingerprint density at radius 3 is 2.81 bits per heavy atom. The second-order valence-electron chi connectivity index (χ2n) is 9.02. The number of carbonyl (C=O) groups is 1. The lowest BCUT2D eigenvalue weighted by Crippen LogP contribution is -2.26. The minimum Gasteiger partial charge on any atom is -0.474 e. The van der Waals surface area contributed by atoms with Gasteiger partial charge in [0.1, 0.15) is 11.3 Å². The van der Waals surface area contributed by atoms with Crippen LogP contribution in [0.5, 0.6) is 5.88 Å². The van der Waals surface area contributed by atoms with Crippen molar-refractivity contribution in [2.75, 3.05) is 11.9 Å². The fraction of sp³-hybridized carbons (Fsp3) is 0.455. The van der Waals surface area contributed by atoms with Crippen LogP contribution in [0, 0.1) is 0 Å². The normalized spacial score (nSPS) is 24.8. The van der Waals surface area contributed by atoms with E-state index in [-0.39, 0.29) is 39.8 Å². The molecule has 0 radical (unpaired) electrons. The highest BCUT2D eigenvalue weighted by atomic mass is 16.5. The first kappa shape index (κ1) is 19.7. The van der Waals surface area contributed by atoms with E-state index in [0.717, 1.165) is 25.0 Å². The monoisotopic (exact) mass is 423 g/mol. The number of nitrogens with zero attached hydrogens (tertiary/aromatic N) is 3. The molecular weight excluding hydrogens is 398 g/mol. The lowest BCUT2D eigenvalue weighted by molar-refractivity contribution is -0.00627. The van der Waals surface area contributed by atoms with Gasteiger partial charge in [0, 0.05) is 24.0 Å². The van der Waals surface area contributed by atoms with Crippen LogP contribution in [0.2, 0.25) is 0 Å². The van der Waals surface area contributed by atoms with Crippen LogP contribution in [-0.4, -0.2) is 43.6 Å². The van der Waals surface area contributed by atoms with E-state index in [0.29, 0.717) is 12.4 Å². The molecule has 1 saturated heterocycles. The maximum absolute atomic E-state index is 13.0. The van der Waals surface area contributed by atoms with E-state index in [2.05, 4.69) is 22.2 Å². The average Bonchev–Trinajstić information content (AvgIpc) is 3.39. The molecule has 0 spiro atoms. The Labute approximate surface area is 178 Å². The number of anilines is 1. The maximum Gasteiger partial charge on any atom is 0.271 e. The van der Waals surface area contributed by atoms with Crippen molar-refractivity contribution in [1.29, 1.82) is 0 Å². The van der Waals surface area contributed by atoms with Crippen molar-refractivity contribution in [1.82, 2.24) is 19.4 Å². The molecule has 1 aliphatic heterocycles. The molecule has 2 atom stereocenters. The molecule has 5 rings (SSSR count). The van der Waals surface area contributed by atoms with Crippen LogP contribution < -0.4 is 15.6 Å². The molecule has 2 N–H and O–H groups in total. The van der Waals surface area contributed by atoms with Crippen LogP contribution in [0.15, 0.2) is 35.5 Å². The highest BCUT2D eigenvalue weighted by Crippen LogP contribution is 2.53. The molecule has 0 aromatic carbocycles. The summed E-state index contributed by atoms with van der Waals surface area (Å²) in [5.41, 5.74) is 0.732. The van der Waals surface area contributed by atoms with Crippen LogP contribution in [-0.2, 0) is 10.2 Å². The Kier molecular flexibility index (Phi) is 4.40. The van der Waals surface area contributed by atoms with Gasteiger partial charge in [-0.1, -0.05) is 0 Å². The smallest absolute Gasteiger partial charge is 0.271 e. The number of imidazole rings is 1. The van der Waals surface area contributed by atoms with Gasteiger partial charge >= 0.3 is 0 Å². The maximum atomic E-state index is 13.0. The van der Waals surface area contributed by atoms with Gasteiger partial charge in [0.25, 0.3) is 11.5 Å². The molecule has 3 aromatic heterocycles. The Morgan fingerprint density at radius 2 is 2.16 bits per heavy atom. The summed E-state index contributed by atoms with van der Waals surface area (Å²) in [7, 11) is 0. The fourth-order valence-corrected chi connectivity index (χ4v) is 4.59. The van der Waals surface area contributed by atoms with Gasteiger partial charge in [-0.15, -0.1) is 0 Å². The number of hydrogen-bond donors (Lipinski definition) is 2. The molecule has 1 amide bonds. The number of aromatic amines is 1. The number of pyridine rings is 1. The number of rotatable bonds is 5. The van der Waals surface area contributed by atoms with E-state index >= 15 is 0 Å². The minimum absolute atomic E-state index is 0.0804. The van der Waals surface area contributed by atoms with Gasteiger partial charge in [0.2, 0.25) is 11.7 Å². The van der Waals surface area contributed by atoms with Gasteiger partial charge in [-0.3, -0.25) is 14.0 Å². The van der Waals surface area contributed by atoms with Gasteiger partial charge < -0.3 is 19.8 Å². The molecule has 4 heterocycles. The highest BCUT2D eigenvalue weighted by molar-refractivity contribution is 6.05. The van der Waals surface area contributed by atoms with Gasteiger partial charge in [-0.05, 0) is 52.2 Å². The third-order valence-corrected chi connectivity index (χ3v) is 6.16. The summed E-state index contributed by atoms with van der Waals surface area (Å²) < 4.78 is 13.6. The van der Waals surface area contributed by atoms with Gasteiger partial charge in [0.15, 0.2) is 0 Å². The van der Waals surface area contributed by atoms with E-state index < -0.39 is 5.91 Å². The molecule has 3 aromatic rings. The van der Waals surface area contributed by atoms with Crippen molar-refractivity contribution in [2.45, 2.75) is 57.2 Å². The molecule has 2 bridgehead atoms. The number of amides is 1. The Morgan fingerprint density at radius 1 is 1.32 bits per heavy atom. The largest absolute Gasteiger partial charge is 0.474 e. The zero-order chi connectivity index (χ0) is 21.8. The number of H-pyrrole nitrogens is 1. The van der Waals surface area contributed by atoms with Crippen molar-refractivity contribution in [3.05, 3.63) is 52.3 Å². The Hall–Kier alpha value is -3.20. The number of nitrogens with one attached hydrogen (secondary N) is 2. The molecule has 9 nitrogen and oxygen atoms in total. The summed E-state index contributed by atoms with van der Waals surface area (Å²) in [6.45, 7) is 6.52. The average molecular weight is 423 g/mol. The van der Waals surface area contributed by atoms with Crippen LogP contribution in [0.25, 0.3) is 5.78 Å². The summed E-state index contributed by atoms with van der Waals surface area (Å²) in [5, 5.41) is 2.64. The van der Waals surface area contributed by atoms with Crippen molar-refractivity contribution in [3.63, 3.8) is 0 Å². The number of ether oxygens (including phenoxy) is 2. The van der Waals surface area contributed by atoms with Crippen LogP contribution in [0.3, 0.4) is 0 Å². The summed E-state index contributed by atoms with van der Waals surface area (Å²) in [5.74, 6) is 0.170. The standard InChI is InChI=1S/C22H25N5O4/c1-13(2)31-19-14(17(28)24-15-5-4-8-23-18(15)29)9-27-10-16(25-20(27)26-19)22-7-6-21(3,11-22)30-12-22/h4-5,8-10,13H,6-7,11-12H2,1-3H3,(H,23,29)(H,24,28). The SMILES string of the molecule is CC(C)Oc1nc2nc(C34CCC(C)(C3)OC4)cn2cc1C(=O)Nc1ccc[nH]c1=O. The summed E-state index contributed by atoms with van der Waals surface area (Å²) in [4.78, 5) is 36.8.